The molecule has 9 aromatic rings. The molecule has 0 saturated carbocycles. The molecule has 636 valence electrons. The number of methoxy groups -OCH3 is 2. The van der Waals surface area contributed by atoms with Gasteiger partial charge < -0.3 is 80.3 Å². The third-order valence-corrected chi connectivity index (χ3v) is 27.1. The fraction of sp³-hybridized carbons (Fsp3) is 0.381. The lowest BCUT2D eigenvalue weighted by atomic mass is 9.94. The summed E-state index contributed by atoms with van der Waals surface area (Å²) in [7, 11) is -0.726. The summed E-state index contributed by atoms with van der Waals surface area (Å²) in [5, 5.41) is 1.16. The summed E-state index contributed by atoms with van der Waals surface area (Å²) in [5.74, 6) is -3.02. The Labute approximate surface area is 708 Å². The van der Waals surface area contributed by atoms with Gasteiger partial charge in [-0.3, -0.25) is 24.1 Å². The number of rotatable bonds is 40. The van der Waals surface area contributed by atoms with Gasteiger partial charge in [0.1, 0.15) is 66.4 Å². The second-order valence-electron chi connectivity index (χ2n) is 31.5. The van der Waals surface area contributed by atoms with Crippen LogP contribution in [0.15, 0.2) is 261 Å². The standard InChI is InChI=1S/C97H107NO22Si/c1-65(99)51-56-81(101)118-85-79(64-114-121(97(3,4)5,74-44-26-13-27-45-74)75-46-28-14-29-47-75)117-95(90(119-93(104)72-42-24-12-25-43-72)88(85)120-96-89(112-61-70-40-22-11-23-41-70)87(111-60-69-38-20-10-21-39-69)83(66(2)115-96)108-58-67-34-16-8-17-35-67)113-63-78-84(109-62-71-52-54-73(105-6)55-53-71)86(110-59-68-36-18-9-19-37-68)82(94(116-78)107-57-33-15-30-50-80(100)106-7)98-91(102)76-48-31-32-49-77(76)92(98)103/h8-14,16-29,31-32,34-49,52-55,66,78-79,82-90,94-96H,15,30,33,50-51,56-64H2,1-7H3/t66-,78+,79+,82+,83+,84+,85-,86+,87+,88-,89-,90+,94+,95+,96-/m0/s1. The molecule has 0 N–H and O–H groups in total. The van der Waals surface area contributed by atoms with Crippen molar-refractivity contribution in [3.8, 4) is 5.75 Å². The van der Waals surface area contributed by atoms with Gasteiger partial charge in [-0.2, -0.15) is 0 Å². The highest BCUT2D eigenvalue weighted by atomic mass is 28.4. The summed E-state index contributed by atoms with van der Waals surface area (Å²) in [6.07, 6.45) is -18.3. The van der Waals surface area contributed by atoms with Crippen molar-refractivity contribution in [3.63, 3.8) is 0 Å². The molecule has 4 heterocycles. The minimum Gasteiger partial charge on any atom is -0.497 e. The predicted molar refractivity (Wildman–Crippen MR) is 450 cm³/mol. The van der Waals surface area contributed by atoms with Gasteiger partial charge in [-0.25, -0.2) is 4.79 Å². The van der Waals surface area contributed by atoms with Gasteiger partial charge in [-0.15, -0.1) is 0 Å². The average Bonchev–Trinajstić information content (AvgIpc) is 1.73. The minimum atomic E-state index is -3.63. The van der Waals surface area contributed by atoms with Crippen LogP contribution in [0.25, 0.3) is 0 Å². The number of ether oxygens (including phenoxy) is 15. The normalized spacial score (nSPS) is 23.6. The van der Waals surface area contributed by atoms with Crippen molar-refractivity contribution in [1.82, 2.24) is 4.90 Å². The number of benzene rings is 9. The molecule has 2 amide bonds. The first-order valence-corrected chi connectivity index (χ1v) is 43.2. The van der Waals surface area contributed by atoms with Crippen LogP contribution in [0, 0.1) is 0 Å². The quantitative estimate of drug-likeness (QED) is 0.0114. The van der Waals surface area contributed by atoms with Crippen LogP contribution in [0.4, 0.5) is 0 Å². The Morgan fingerprint density at radius 3 is 1.38 bits per heavy atom. The molecule has 0 aromatic heterocycles. The van der Waals surface area contributed by atoms with E-state index >= 15 is 19.2 Å². The van der Waals surface area contributed by atoms with Gasteiger partial charge in [0.25, 0.3) is 20.1 Å². The molecular weight excluding hydrogens is 1560 g/mol. The number of unbranched alkanes of at least 4 members (excludes halogenated alkanes) is 2. The van der Waals surface area contributed by atoms with Crippen LogP contribution in [-0.2, 0) is 118 Å². The van der Waals surface area contributed by atoms with Crippen molar-refractivity contribution < 1.29 is 104 Å². The van der Waals surface area contributed by atoms with Crippen molar-refractivity contribution in [1.29, 1.82) is 0 Å². The molecular formula is C97H107NO22Si. The van der Waals surface area contributed by atoms with Crippen molar-refractivity contribution in [2.75, 3.05) is 34.0 Å². The summed E-state index contributed by atoms with van der Waals surface area (Å²) in [5.41, 5.74) is 4.36. The summed E-state index contributed by atoms with van der Waals surface area (Å²) in [4.78, 5) is 87.9. The van der Waals surface area contributed by atoms with E-state index in [1.807, 2.05) is 201 Å². The molecule has 24 heteroatoms. The number of hydrogen-bond donors (Lipinski definition) is 0. The minimum absolute atomic E-state index is 0.000367. The van der Waals surface area contributed by atoms with Crippen molar-refractivity contribution in [2.45, 2.75) is 203 Å². The van der Waals surface area contributed by atoms with Crippen LogP contribution in [0.1, 0.15) is 132 Å². The van der Waals surface area contributed by atoms with Crippen LogP contribution in [0.5, 0.6) is 5.75 Å². The van der Waals surface area contributed by atoms with Crippen molar-refractivity contribution >= 4 is 54.2 Å². The Hall–Kier alpha value is -10.3. The number of esters is 3. The number of Topliss-reactive ketones (excluding diaryl/α,β-unsaturated/α-hetero) is 1. The van der Waals surface area contributed by atoms with E-state index < -0.39 is 136 Å². The van der Waals surface area contributed by atoms with Crippen LogP contribution in [0.2, 0.25) is 5.04 Å². The molecule has 0 radical (unpaired) electrons. The summed E-state index contributed by atoms with van der Waals surface area (Å²) >= 11 is 0. The highest BCUT2D eigenvalue weighted by Gasteiger charge is 2.60. The Kier molecular flexibility index (Phi) is 31.4. The maximum Gasteiger partial charge on any atom is 0.338 e. The van der Waals surface area contributed by atoms with E-state index in [1.165, 1.54) is 14.0 Å². The highest BCUT2D eigenvalue weighted by molar-refractivity contribution is 6.99. The summed E-state index contributed by atoms with van der Waals surface area (Å²) in [6, 6.07) is 79.0. The molecule has 13 rings (SSSR count). The van der Waals surface area contributed by atoms with Crippen LogP contribution >= 0.6 is 0 Å². The van der Waals surface area contributed by atoms with Gasteiger partial charge in [0.05, 0.1) is 89.7 Å². The predicted octanol–water partition coefficient (Wildman–Crippen LogP) is 14.0. The number of imide groups is 1. The first kappa shape index (κ1) is 88.5. The molecule has 4 aliphatic rings. The topological polar surface area (TPSA) is 253 Å². The molecule has 4 aliphatic heterocycles. The summed E-state index contributed by atoms with van der Waals surface area (Å²) in [6.45, 7) is 8.75. The number of hydrogen-bond acceptors (Lipinski definition) is 22. The highest BCUT2D eigenvalue weighted by Crippen LogP contribution is 2.43. The lowest BCUT2D eigenvalue weighted by Crippen LogP contribution is -2.70. The molecule has 0 bridgehead atoms. The number of carbonyl (C=O) groups is 6. The van der Waals surface area contributed by atoms with E-state index in [1.54, 1.807) is 73.8 Å². The molecule has 121 heavy (non-hydrogen) atoms. The fourth-order valence-corrected chi connectivity index (χ4v) is 20.5. The van der Waals surface area contributed by atoms with Crippen LogP contribution < -0.4 is 15.1 Å². The Bertz CT molecular complexity index is 4690. The van der Waals surface area contributed by atoms with Crippen LogP contribution in [0.3, 0.4) is 0 Å². The molecule has 3 fully saturated rings. The maximum absolute atomic E-state index is 15.6. The first-order valence-electron chi connectivity index (χ1n) is 41.3. The lowest BCUT2D eigenvalue weighted by Gasteiger charge is -2.51. The Morgan fingerprint density at radius 1 is 0.405 bits per heavy atom. The van der Waals surface area contributed by atoms with Gasteiger partial charge in [-0.1, -0.05) is 252 Å². The largest absolute Gasteiger partial charge is 0.497 e. The van der Waals surface area contributed by atoms with E-state index in [0.29, 0.717) is 30.6 Å². The zero-order valence-electron chi connectivity index (χ0n) is 69.3. The average molecular weight is 1670 g/mol. The second-order valence-corrected chi connectivity index (χ2v) is 35.8. The van der Waals surface area contributed by atoms with Crippen molar-refractivity contribution in [2.24, 2.45) is 0 Å². The SMILES string of the molecule is COC(=O)CCCCCO[C@@H]1O[C@H](CO[C@@H]2O[C@H](CO[Si](c3ccccc3)(c3ccccc3)C(C)(C)C)[C@H](OC(=O)CCC(C)=O)[C@H](O[C@@H]3O[C@@H](C)[C@@H](OCc4ccccc4)[C@@H](OCc4ccccc4)[C@@H]3OCc3ccccc3)[C@H]2OC(=O)c2ccccc2)[C@@H](OCc2ccc(OC)cc2)[C@H](OCc2ccccc2)[C@H]1N1C(=O)c2ccccc2C1=O. The molecule has 0 aliphatic carbocycles. The number of nitrogens with zero attached hydrogens (tertiary/aromatic N) is 1. The zero-order chi connectivity index (χ0) is 84.7. The van der Waals surface area contributed by atoms with Gasteiger partial charge in [0, 0.05) is 19.4 Å². The van der Waals surface area contributed by atoms with Gasteiger partial charge >= 0.3 is 17.9 Å². The molecule has 9 aromatic carbocycles. The third kappa shape index (κ3) is 22.5. The number of carbonyl (C=O) groups excluding carboxylic acids is 6. The maximum atomic E-state index is 15.6. The molecule has 23 nitrogen and oxygen atoms in total. The van der Waals surface area contributed by atoms with Gasteiger partial charge in [-0.05, 0) is 106 Å². The number of ketones is 1. The number of amides is 2. The number of fused-ring (bicyclic) bond motifs is 1. The van der Waals surface area contributed by atoms with E-state index in [9.17, 15) is 9.59 Å². The van der Waals surface area contributed by atoms with E-state index in [2.05, 4.69) is 20.8 Å². The van der Waals surface area contributed by atoms with E-state index in [-0.39, 0.29) is 94.0 Å². The van der Waals surface area contributed by atoms with Crippen LogP contribution in [-0.4, -0.2) is 175 Å². The molecule has 0 spiro atoms. The lowest BCUT2D eigenvalue weighted by molar-refractivity contribution is -0.370. The molecule has 0 unspecified atom stereocenters. The second kappa shape index (κ2) is 43.0. The third-order valence-electron chi connectivity index (χ3n) is 22.1. The Balaban J connectivity index is 0.980. The zero-order valence-corrected chi connectivity index (χ0v) is 70.3. The summed E-state index contributed by atoms with van der Waals surface area (Å²) < 4.78 is 112. The monoisotopic (exact) mass is 1670 g/mol. The smallest absolute Gasteiger partial charge is 0.338 e. The van der Waals surface area contributed by atoms with E-state index in [4.69, 9.17) is 75.5 Å². The fourth-order valence-electron chi connectivity index (χ4n) is 16.0. The molecule has 15 atom stereocenters. The van der Waals surface area contributed by atoms with Gasteiger partial charge in [0.2, 0.25) is 0 Å². The van der Waals surface area contributed by atoms with Crippen molar-refractivity contribution in [3.05, 3.63) is 305 Å². The molecule has 3 saturated heterocycles. The van der Waals surface area contributed by atoms with Gasteiger partial charge in [0.15, 0.2) is 31.1 Å². The first-order chi connectivity index (χ1) is 58.9. The Morgan fingerprint density at radius 2 is 0.868 bits per heavy atom. The van der Waals surface area contributed by atoms with E-state index in [0.717, 1.165) is 37.5 Å².